The first-order chi connectivity index (χ1) is 15.0. The van der Waals surface area contributed by atoms with E-state index < -0.39 is 23.1 Å². The van der Waals surface area contributed by atoms with Crippen LogP contribution in [-0.2, 0) is 19.1 Å². The maximum absolute atomic E-state index is 11.5. The summed E-state index contributed by atoms with van der Waals surface area (Å²) in [5, 5.41) is 34.6. The summed E-state index contributed by atoms with van der Waals surface area (Å²) in [5.74, 6) is 1.28. The Labute approximate surface area is 190 Å². The lowest BCUT2D eigenvalue weighted by Crippen LogP contribution is -2.43. The second-order valence-corrected chi connectivity index (χ2v) is 8.65. The van der Waals surface area contributed by atoms with Gasteiger partial charge in [-0.15, -0.1) is 0 Å². The highest BCUT2D eigenvalue weighted by molar-refractivity contribution is 6.03. The molecule has 10 heteroatoms. The van der Waals surface area contributed by atoms with Crippen molar-refractivity contribution in [2.75, 3.05) is 67.6 Å². The molecule has 0 saturated heterocycles. The van der Waals surface area contributed by atoms with Gasteiger partial charge in [0, 0.05) is 0 Å². The molecule has 32 heavy (non-hydrogen) atoms. The number of ether oxygens (including phenoxy) is 2. The van der Waals surface area contributed by atoms with Gasteiger partial charge < -0.3 is 29.3 Å². The minimum Gasteiger partial charge on any atom is -0.762 e. The molecule has 0 radical (unpaired) electrons. The second-order valence-electron chi connectivity index (χ2n) is 8.65. The Kier molecular flexibility index (Phi) is 13.2. The van der Waals surface area contributed by atoms with Gasteiger partial charge in [0.05, 0.1) is 41.3 Å². The third-order valence-corrected chi connectivity index (χ3v) is 4.99. The van der Waals surface area contributed by atoms with Gasteiger partial charge in [-0.05, 0) is 25.7 Å². The SMILES string of the molecule is C[N+](C)(CCCCCC[N+](C)(C)CCOC(=O)C(=C=[N-])C#N)CCOC(=O)C(=C=[N-])C#N. The zero-order chi connectivity index (χ0) is 24.6. The highest BCUT2D eigenvalue weighted by Crippen LogP contribution is 2.09. The summed E-state index contributed by atoms with van der Waals surface area (Å²) in [5.41, 5.74) is -1.08. The predicted octanol–water partition coefficient (Wildman–Crippen LogP) is 1.16. The largest absolute Gasteiger partial charge is 0.762 e. The van der Waals surface area contributed by atoms with Crippen molar-refractivity contribution in [2.45, 2.75) is 25.7 Å². The van der Waals surface area contributed by atoms with Crippen molar-refractivity contribution in [1.29, 1.82) is 10.5 Å². The first-order valence-electron chi connectivity index (χ1n) is 10.3. The van der Waals surface area contributed by atoms with E-state index in [1.54, 1.807) is 0 Å². The maximum Gasteiger partial charge on any atom is 0.355 e. The lowest BCUT2D eigenvalue weighted by Gasteiger charge is -2.30. The monoisotopic (exact) mass is 444 g/mol. The van der Waals surface area contributed by atoms with Crippen molar-refractivity contribution >= 4 is 23.7 Å². The van der Waals surface area contributed by atoms with E-state index >= 15 is 0 Å². The highest BCUT2D eigenvalue weighted by Gasteiger charge is 2.18. The van der Waals surface area contributed by atoms with Gasteiger partial charge in [0.2, 0.25) is 0 Å². The molecule has 174 valence electrons. The van der Waals surface area contributed by atoms with Gasteiger partial charge in [0.1, 0.15) is 38.4 Å². The minimum atomic E-state index is -0.876. The fourth-order valence-electron chi connectivity index (χ4n) is 2.80. The first kappa shape index (κ1) is 28.7. The predicted molar refractivity (Wildman–Crippen MR) is 119 cm³/mol. The fraction of sp³-hybridized carbons (Fsp3) is 0.636. The zero-order valence-electron chi connectivity index (χ0n) is 19.4. The summed E-state index contributed by atoms with van der Waals surface area (Å²) < 4.78 is 11.3. The van der Waals surface area contributed by atoms with Gasteiger partial charge in [-0.1, -0.05) is 0 Å². The van der Waals surface area contributed by atoms with E-state index in [1.165, 1.54) is 23.9 Å². The van der Waals surface area contributed by atoms with Crippen LogP contribution in [0.25, 0.3) is 10.8 Å². The van der Waals surface area contributed by atoms with Crippen LogP contribution < -0.4 is 0 Å². The Morgan fingerprint density at radius 3 is 1.31 bits per heavy atom. The molecule has 0 aliphatic heterocycles. The second kappa shape index (κ2) is 14.7. The average Bonchev–Trinajstić information content (AvgIpc) is 2.72. The Morgan fingerprint density at radius 2 is 1.03 bits per heavy atom. The van der Waals surface area contributed by atoms with Crippen molar-refractivity contribution < 1.29 is 28.0 Å². The number of likely N-dealkylation sites (N-methyl/N-ethyl adjacent to an activating group) is 2. The molecule has 0 aliphatic rings. The number of carbonyl (C=O) groups excluding carboxylic acids is 2. The van der Waals surface area contributed by atoms with Crippen LogP contribution >= 0.6 is 0 Å². The topological polar surface area (TPSA) is 145 Å². The molecule has 0 aromatic heterocycles. The van der Waals surface area contributed by atoms with Crippen molar-refractivity contribution in [3.05, 3.63) is 22.0 Å². The van der Waals surface area contributed by atoms with Crippen LogP contribution in [-0.4, -0.2) is 100 Å². The summed E-state index contributed by atoms with van der Waals surface area (Å²) in [6.07, 6.45) is 4.14. The van der Waals surface area contributed by atoms with Crippen LogP contribution in [0.15, 0.2) is 11.1 Å². The molecule has 10 nitrogen and oxygen atoms in total. The Balaban J connectivity index is 4.04. The van der Waals surface area contributed by atoms with Gasteiger partial charge >= 0.3 is 11.9 Å². The molecule has 0 heterocycles. The zero-order valence-corrected chi connectivity index (χ0v) is 19.4. The molecule has 0 rings (SSSR count). The molecule has 0 aromatic rings. The van der Waals surface area contributed by atoms with Gasteiger partial charge in [-0.2, -0.15) is 10.5 Å². The molecular formula is C22H32N6O4. The Bertz CT molecular complexity index is 767. The van der Waals surface area contributed by atoms with E-state index in [9.17, 15) is 9.59 Å². The van der Waals surface area contributed by atoms with Crippen molar-refractivity contribution in [3.8, 4) is 12.1 Å². The average molecular weight is 445 g/mol. The van der Waals surface area contributed by atoms with Crippen LogP contribution in [0.3, 0.4) is 0 Å². The van der Waals surface area contributed by atoms with Crippen LogP contribution in [0.1, 0.15) is 25.7 Å². The molecule has 0 saturated carbocycles. The molecule has 0 aliphatic carbocycles. The molecule has 0 bridgehead atoms. The molecule has 0 atom stereocenters. The lowest BCUT2D eigenvalue weighted by molar-refractivity contribution is -0.891. The first-order valence-corrected chi connectivity index (χ1v) is 10.3. The number of hydrogen-bond donors (Lipinski definition) is 0. The summed E-state index contributed by atoms with van der Waals surface area (Å²) in [6, 6.07) is 3.03. The number of unbranched alkanes of at least 4 members (excludes halogenated alkanes) is 3. The summed E-state index contributed by atoms with van der Waals surface area (Å²) in [7, 11) is 8.15. The standard InChI is InChI=1S/C22H32N6O4/c1-27(2,11-13-31-21(29)19(15-23)16-24)9-7-5-6-8-10-28(3,4)12-14-32-22(30)20(17-25)18-26/h5-14H2,1-4H3. The van der Waals surface area contributed by atoms with E-state index in [0.29, 0.717) is 22.1 Å². The van der Waals surface area contributed by atoms with Crippen molar-refractivity contribution in [1.82, 2.24) is 0 Å². The van der Waals surface area contributed by atoms with Crippen molar-refractivity contribution in [3.63, 3.8) is 0 Å². The van der Waals surface area contributed by atoms with Crippen LogP contribution in [0.4, 0.5) is 0 Å². The summed E-state index contributed by atoms with van der Waals surface area (Å²) in [4.78, 5) is 23.0. The molecule has 0 amide bonds. The maximum atomic E-state index is 11.5. The molecular weight excluding hydrogens is 412 g/mol. The number of quaternary nitrogens is 2. The Morgan fingerprint density at radius 1 is 0.688 bits per heavy atom. The number of rotatable bonds is 15. The molecule has 0 fully saturated rings. The molecule has 0 N–H and O–H groups in total. The van der Waals surface area contributed by atoms with Gasteiger partial charge in [0.15, 0.2) is 11.1 Å². The lowest BCUT2D eigenvalue weighted by atomic mass is 10.1. The van der Waals surface area contributed by atoms with E-state index in [2.05, 4.69) is 0 Å². The quantitative estimate of drug-likeness (QED) is 0.0925. The Hall–Kier alpha value is -3.26. The van der Waals surface area contributed by atoms with E-state index in [0.717, 1.165) is 38.8 Å². The van der Waals surface area contributed by atoms with Crippen molar-refractivity contribution in [2.24, 2.45) is 0 Å². The van der Waals surface area contributed by atoms with E-state index in [1.807, 2.05) is 28.2 Å². The van der Waals surface area contributed by atoms with E-state index in [4.69, 9.17) is 30.8 Å². The number of esters is 2. The van der Waals surface area contributed by atoms with Crippen LogP contribution in [0.5, 0.6) is 0 Å². The molecule has 0 spiro atoms. The third-order valence-electron chi connectivity index (χ3n) is 4.99. The normalized spacial score (nSPS) is 10.7. The van der Waals surface area contributed by atoms with Gasteiger partial charge in [-0.25, -0.2) is 21.3 Å². The number of nitrogens with zero attached hydrogens (tertiary/aromatic N) is 6. The van der Waals surface area contributed by atoms with E-state index in [-0.39, 0.29) is 13.2 Å². The van der Waals surface area contributed by atoms with Gasteiger partial charge in [0.25, 0.3) is 0 Å². The number of carbonyl (C=O) groups is 2. The third kappa shape index (κ3) is 12.4. The van der Waals surface area contributed by atoms with Crippen LogP contribution in [0.2, 0.25) is 0 Å². The fourth-order valence-corrected chi connectivity index (χ4v) is 2.80. The van der Waals surface area contributed by atoms with Crippen LogP contribution in [0, 0.1) is 22.7 Å². The minimum absolute atomic E-state index is 0.150. The number of nitriles is 2. The molecule has 0 unspecified atom stereocenters. The number of hydrogen-bond acceptors (Lipinski definition) is 6. The summed E-state index contributed by atoms with van der Waals surface area (Å²) >= 11 is 0. The van der Waals surface area contributed by atoms with Gasteiger partial charge in [-0.3, -0.25) is 0 Å². The smallest absolute Gasteiger partial charge is 0.355 e. The molecule has 0 aromatic carbocycles. The summed E-state index contributed by atoms with van der Waals surface area (Å²) in [6.45, 7) is 3.31. The highest BCUT2D eigenvalue weighted by atomic mass is 16.5.